The lowest BCUT2D eigenvalue weighted by atomic mass is 9.80. The Labute approximate surface area is 178 Å². The zero-order valence-corrected chi connectivity index (χ0v) is 18.1. The number of carbonyl (C=O) groups excluding carboxylic acids is 1. The van der Waals surface area contributed by atoms with Gasteiger partial charge in [-0.25, -0.2) is 0 Å². The van der Waals surface area contributed by atoms with Gasteiger partial charge < -0.3 is 19.1 Å². The molecule has 2 aliphatic rings. The largest absolute Gasteiger partial charge is 0.497 e. The van der Waals surface area contributed by atoms with E-state index in [0.717, 1.165) is 61.5 Å². The van der Waals surface area contributed by atoms with Crippen molar-refractivity contribution in [3.63, 3.8) is 0 Å². The summed E-state index contributed by atoms with van der Waals surface area (Å²) >= 11 is 0. The van der Waals surface area contributed by atoms with Crippen LogP contribution >= 0.6 is 0 Å². The minimum atomic E-state index is 0.0430. The van der Waals surface area contributed by atoms with Crippen LogP contribution in [0.1, 0.15) is 60.8 Å². The molecule has 160 valence electrons. The first-order valence-electron chi connectivity index (χ1n) is 10.8. The fraction of sp³-hybridized carbons (Fsp3) is 0.480. The maximum Gasteiger partial charge on any atom is 0.223 e. The monoisotopic (exact) mass is 409 g/mol. The molecule has 0 spiro atoms. The first-order chi connectivity index (χ1) is 14.6. The van der Waals surface area contributed by atoms with Crippen LogP contribution in [0.25, 0.3) is 0 Å². The summed E-state index contributed by atoms with van der Waals surface area (Å²) in [6.07, 6.45) is 5.76. The van der Waals surface area contributed by atoms with Crippen molar-refractivity contribution in [2.45, 2.75) is 50.5 Å². The van der Waals surface area contributed by atoms with Crippen molar-refractivity contribution in [2.24, 2.45) is 0 Å². The molecule has 5 nitrogen and oxygen atoms in total. The number of fused-ring (bicyclic) bond motifs is 1. The van der Waals surface area contributed by atoms with Gasteiger partial charge in [0.15, 0.2) is 0 Å². The predicted octanol–water partition coefficient (Wildman–Crippen LogP) is 4.89. The van der Waals surface area contributed by atoms with Crippen LogP contribution in [0.3, 0.4) is 0 Å². The average Bonchev–Trinajstić information content (AvgIpc) is 3.28. The number of aryl methyl sites for hydroxylation is 1. The lowest BCUT2D eigenvalue weighted by Crippen LogP contribution is -2.32. The molecule has 0 saturated carbocycles. The number of benzene rings is 2. The number of hydrogen-bond acceptors (Lipinski definition) is 4. The fourth-order valence-electron chi connectivity index (χ4n) is 5.05. The third kappa shape index (κ3) is 3.98. The molecule has 0 aromatic heterocycles. The zero-order valence-electron chi connectivity index (χ0n) is 18.1. The summed E-state index contributed by atoms with van der Waals surface area (Å²) in [5, 5.41) is 0. The van der Waals surface area contributed by atoms with Crippen molar-refractivity contribution < 1.29 is 19.0 Å². The van der Waals surface area contributed by atoms with E-state index >= 15 is 0 Å². The number of nitrogens with zero attached hydrogens (tertiary/aromatic N) is 1. The molecule has 4 rings (SSSR count). The Hall–Kier alpha value is -2.69. The van der Waals surface area contributed by atoms with Crippen molar-refractivity contribution in [3.05, 3.63) is 53.1 Å². The third-order valence-electron chi connectivity index (χ3n) is 6.58. The lowest BCUT2D eigenvalue weighted by Gasteiger charge is -2.30. The minimum absolute atomic E-state index is 0.0430. The number of likely N-dealkylation sites (tertiary alicyclic amines) is 1. The van der Waals surface area contributed by atoms with E-state index in [0.29, 0.717) is 6.42 Å². The van der Waals surface area contributed by atoms with Crippen molar-refractivity contribution >= 4 is 5.91 Å². The van der Waals surface area contributed by atoms with E-state index in [1.807, 2.05) is 24.3 Å². The maximum atomic E-state index is 13.4. The minimum Gasteiger partial charge on any atom is -0.497 e. The van der Waals surface area contributed by atoms with Gasteiger partial charge in [-0.05, 0) is 79.5 Å². The molecule has 30 heavy (non-hydrogen) atoms. The predicted molar refractivity (Wildman–Crippen MR) is 117 cm³/mol. The van der Waals surface area contributed by atoms with Crippen LogP contribution in [0.2, 0.25) is 0 Å². The molecule has 2 atom stereocenters. The van der Waals surface area contributed by atoms with Gasteiger partial charge >= 0.3 is 0 Å². The Kier molecular flexibility index (Phi) is 6.16. The quantitative estimate of drug-likeness (QED) is 0.682. The smallest absolute Gasteiger partial charge is 0.223 e. The summed E-state index contributed by atoms with van der Waals surface area (Å²) in [6, 6.07) is 12.2. The molecule has 5 heteroatoms. The second kappa shape index (κ2) is 8.99. The van der Waals surface area contributed by atoms with Crippen molar-refractivity contribution in [3.8, 4) is 17.2 Å². The molecule has 1 heterocycles. The molecule has 1 aliphatic heterocycles. The Balaban J connectivity index is 1.55. The maximum absolute atomic E-state index is 13.4. The number of hydrogen-bond donors (Lipinski definition) is 0. The summed E-state index contributed by atoms with van der Waals surface area (Å²) in [6.45, 7) is 0.798. The number of carbonyl (C=O) groups is 1. The summed E-state index contributed by atoms with van der Waals surface area (Å²) in [7, 11) is 5.05. The molecule has 0 bridgehead atoms. The number of rotatable bonds is 6. The van der Waals surface area contributed by atoms with Crippen LogP contribution in [0, 0.1) is 0 Å². The Bertz CT molecular complexity index is 910. The van der Waals surface area contributed by atoms with Crippen LogP contribution in [-0.4, -0.2) is 38.7 Å². The lowest BCUT2D eigenvalue weighted by molar-refractivity contribution is -0.132. The highest BCUT2D eigenvalue weighted by molar-refractivity contribution is 5.78. The Morgan fingerprint density at radius 2 is 1.70 bits per heavy atom. The fourth-order valence-corrected chi connectivity index (χ4v) is 5.05. The van der Waals surface area contributed by atoms with Crippen LogP contribution < -0.4 is 14.2 Å². The van der Waals surface area contributed by atoms with Crippen LogP contribution in [-0.2, 0) is 11.2 Å². The molecule has 2 unspecified atom stereocenters. The van der Waals surface area contributed by atoms with Gasteiger partial charge in [0.05, 0.1) is 27.4 Å². The highest BCUT2D eigenvalue weighted by Gasteiger charge is 2.34. The van der Waals surface area contributed by atoms with E-state index in [9.17, 15) is 4.79 Å². The van der Waals surface area contributed by atoms with Gasteiger partial charge in [-0.3, -0.25) is 4.79 Å². The van der Waals surface area contributed by atoms with Crippen LogP contribution in [0.5, 0.6) is 17.2 Å². The molecular formula is C25H31NO4. The summed E-state index contributed by atoms with van der Waals surface area (Å²) in [5.74, 6) is 3.01. The topological polar surface area (TPSA) is 48.0 Å². The molecule has 1 amide bonds. The SMILES string of the molecule is COc1ccc2c(c1)CCCC2CC(=O)N1CCCC1c1cc(OC)ccc1OC. The van der Waals surface area contributed by atoms with Crippen LogP contribution in [0.4, 0.5) is 0 Å². The van der Waals surface area contributed by atoms with Gasteiger partial charge in [0.1, 0.15) is 17.2 Å². The van der Waals surface area contributed by atoms with E-state index in [1.54, 1.807) is 21.3 Å². The molecule has 2 aromatic rings. The number of ether oxygens (including phenoxy) is 3. The first kappa shape index (κ1) is 20.6. The van der Waals surface area contributed by atoms with E-state index < -0.39 is 0 Å². The Morgan fingerprint density at radius 1 is 0.933 bits per heavy atom. The van der Waals surface area contributed by atoms with Gasteiger partial charge in [0.2, 0.25) is 5.91 Å². The van der Waals surface area contributed by atoms with E-state index in [-0.39, 0.29) is 17.9 Å². The summed E-state index contributed by atoms with van der Waals surface area (Å²) < 4.78 is 16.4. The van der Waals surface area contributed by atoms with Gasteiger partial charge in [0.25, 0.3) is 0 Å². The van der Waals surface area contributed by atoms with Gasteiger partial charge in [-0.2, -0.15) is 0 Å². The Morgan fingerprint density at radius 3 is 2.47 bits per heavy atom. The molecule has 0 radical (unpaired) electrons. The van der Waals surface area contributed by atoms with Crippen molar-refractivity contribution in [1.82, 2.24) is 4.90 Å². The van der Waals surface area contributed by atoms with Gasteiger partial charge in [-0.1, -0.05) is 6.07 Å². The highest BCUT2D eigenvalue weighted by Crippen LogP contribution is 2.41. The zero-order chi connectivity index (χ0) is 21.1. The molecule has 2 aromatic carbocycles. The van der Waals surface area contributed by atoms with Gasteiger partial charge in [0, 0.05) is 18.5 Å². The summed E-state index contributed by atoms with van der Waals surface area (Å²) in [5.41, 5.74) is 3.67. The van der Waals surface area contributed by atoms with Crippen LogP contribution in [0.15, 0.2) is 36.4 Å². The van der Waals surface area contributed by atoms with Crippen molar-refractivity contribution in [2.75, 3.05) is 27.9 Å². The van der Waals surface area contributed by atoms with E-state index in [4.69, 9.17) is 14.2 Å². The molecular weight excluding hydrogens is 378 g/mol. The third-order valence-corrected chi connectivity index (χ3v) is 6.58. The average molecular weight is 410 g/mol. The normalized spacial score (nSPS) is 20.6. The standard InChI is InChI=1S/C25H31NO4/c1-28-19-9-11-21-17(14-19)6-4-7-18(21)15-25(27)26-13-5-8-23(26)22-16-20(29-2)10-12-24(22)30-3/h9-12,14,16,18,23H,4-8,13,15H2,1-3H3. The summed E-state index contributed by atoms with van der Waals surface area (Å²) in [4.78, 5) is 15.5. The van der Waals surface area contributed by atoms with E-state index in [2.05, 4.69) is 17.0 Å². The second-order valence-electron chi connectivity index (χ2n) is 8.21. The highest BCUT2D eigenvalue weighted by atomic mass is 16.5. The number of amides is 1. The number of methoxy groups -OCH3 is 3. The van der Waals surface area contributed by atoms with E-state index in [1.165, 1.54) is 11.1 Å². The van der Waals surface area contributed by atoms with Crippen molar-refractivity contribution in [1.29, 1.82) is 0 Å². The second-order valence-corrected chi connectivity index (χ2v) is 8.21. The molecule has 1 fully saturated rings. The molecule has 0 N–H and O–H groups in total. The van der Waals surface area contributed by atoms with Gasteiger partial charge in [-0.15, -0.1) is 0 Å². The first-order valence-corrected chi connectivity index (χ1v) is 10.8. The molecule has 1 saturated heterocycles. The molecule has 1 aliphatic carbocycles.